The molecule has 0 aliphatic rings. The smallest absolute Gasteiger partial charge is 0.243 e. The van der Waals surface area contributed by atoms with Gasteiger partial charge >= 0.3 is 0 Å². The van der Waals surface area contributed by atoms with Crippen LogP contribution in [0.15, 0.2) is 0 Å². The van der Waals surface area contributed by atoms with Gasteiger partial charge in [-0.25, -0.2) is 4.68 Å². The highest BCUT2D eigenvalue weighted by atomic mass is 15.6. The summed E-state index contributed by atoms with van der Waals surface area (Å²) >= 11 is 0. The molecule has 0 radical (unpaired) electrons. The fourth-order valence-electron chi connectivity index (χ4n) is 0.509. The second-order valence-corrected chi connectivity index (χ2v) is 1.68. The molecule has 0 saturated carbocycles. The number of tetrazole rings is 1. The number of rotatable bonds is 2. The van der Waals surface area contributed by atoms with E-state index >= 15 is 0 Å². The van der Waals surface area contributed by atoms with Crippen molar-refractivity contribution in [3.8, 4) is 12.3 Å². The number of aryl methyl sites for hydroxylation is 1. The van der Waals surface area contributed by atoms with Crippen LogP contribution in [0.4, 0.5) is 5.95 Å². The Kier molecular flexibility index (Phi) is 1.85. The highest BCUT2D eigenvalue weighted by Gasteiger charge is 1.96. The van der Waals surface area contributed by atoms with E-state index in [1.165, 1.54) is 4.68 Å². The van der Waals surface area contributed by atoms with Gasteiger partial charge in [0, 0.05) is 7.05 Å². The van der Waals surface area contributed by atoms with Crippen LogP contribution < -0.4 is 5.32 Å². The van der Waals surface area contributed by atoms with Gasteiger partial charge in [-0.1, -0.05) is 11.0 Å². The first-order valence-electron chi connectivity index (χ1n) is 2.74. The maximum Gasteiger partial charge on any atom is 0.243 e. The summed E-state index contributed by atoms with van der Waals surface area (Å²) in [6, 6.07) is 0. The van der Waals surface area contributed by atoms with Crippen molar-refractivity contribution < 1.29 is 0 Å². The van der Waals surface area contributed by atoms with Crippen molar-refractivity contribution in [2.24, 2.45) is 7.05 Å². The van der Waals surface area contributed by atoms with E-state index in [-0.39, 0.29) is 0 Å². The Balaban J connectivity index is 2.59. The number of hydrogen-bond acceptors (Lipinski definition) is 4. The Bertz CT molecular complexity index is 245. The summed E-state index contributed by atoms with van der Waals surface area (Å²) in [7, 11) is 1.73. The molecule has 0 aliphatic carbocycles. The molecule has 0 aromatic carbocycles. The molecule has 1 aromatic rings. The van der Waals surface area contributed by atoms with E-state index in [1.54, 1.807) is 7.05 Å². The van der Waals surface area contributed by atoms with Gasteiger partial charge in [-0.15, -0.1) is 6.42 Å². The van der Waals surface area contributed by atoms with Gasteiger partial charge in [0.1, 0.15) is 0 Å². The van der Waals surface area contributed by atoms with Gasteiger partial charge in [0.15, 0.2) is 0 Å². The predicted octanol–water partition coefficient (Wildman–Crippen LogP) is -0.745. The van der Waals surface area contributed by atoms with Crippen molar-refractivity contribution in [3.63, 3.8) is 0 Å². The molecule has 0 unspecified atom stereocenters. The number of hydrogen-bond donors (Lipinski definition) is 1. The van der Waals surface area contributed by atoms with Crippen LogP contribution >= 0.6 is 0 Å². The molecule has 0 fully saturated rings. The van der Waals surface area contributed by atoms with E-state index in [1.807, 2.05) is 0 Å². The Labute approximate surface area is 58.4 Å². The molecular weight excluding hydrogens is 130 g/mol. The molecule has 52 valence electrons. The summed E-state index contributed by atoms with van der Waals surface area (Å²) in [5.41, 5.74) is 0. The van der Waals surface area contributed by atoms with Crippen molar-refractivity contribution >= 4 is 5.95 Å². The molecule has 0 atom stereocenters. The third-order valence-corrected chi connectivity index (χ3v) is 0.969. The summed E-state index contributed by atoms with van der Waals surface area (Å²) in [6.07, 6.45) is 5.00. The highest BCUT2D eigenvalue weighted by molar-refractivity contribution is 5.23. The van der Waals surface area contributed by atoms with Gasteiger partial charge in [-0.3, -0.25) is 0 Å². The van der Waals surface area contributed by atoms with Gasteiger partial charge in [-0.2, -0.15) is 0 Å². The van der Waals surface area contributed by atoms with Crippen molar-refractivity contribution in [2.75, 3.05) is 11.9 Å². The second-order valence-electron chi connectivity index (χ2n) is 1.68. The van der Waals surface area contributed by atoms with E-state index in [9.17, 15) is 0 Å². The molecule has 0 saturated heterocycles. The lowest BCUT2D eigenvalue weighted by Crippen LogP contribution is -2.05. The summed E-state index contributed by atoms with van der Waals surface area (Å²) in [5, 5.41) is 13.5. The minimum absolute atomic E-state index is 0.439. The van der Waals surface area contributed by atoms with Gasteiger partial charge in [-0.05, 0) is 10.4 Å². The van der Waals surface area contributed by atoms with Crippen molar-refractivity contribution in [3.05, 3.63) is 0 Å². The molecule has 0 amide bonds. The first-order chi connectivity index (χ1) is 4.84. The zero-order valence-electron chi connectivity index (χ0n) is 5.57. The minimum Gasteiger partial charge on any atom is -0.342 e. The van der Waals surface area contributed by atoms with Crippen LogP contribution in [-0.4, -0.2) is 26.8 Å². The minimum atomic E-state index is 0.439. The Morgan fingerprint density at radius 1 is 1.80 bits per heavy atom. The zero-order chi connectivity index (χ0) is 7.40. The summed E-state index contributed by atoms with van der Waals surface area (Å²) in [5.74, 6) is 2.99. The predicted molar refractivity (Wildman–Crippen MR) is 36.1 cm³/mol. The van der Waals surface area contributed by atoms with Crippen LogP contribution in [0.1, 0.15) is 0 Å². The van der Waals surface area contributed by atoms with Crippen LogP contribution in [0.2, 0.25) is 0 Å². The van der Waals surface area contributed by atoms with Crippen LogP contribution in [0.5, 0.6) is 0 Å². The van der Waals surface area contributed by atoms with E-state index in [0.29, 0.717) is 12.5 Å². The van der Waals surface area contributed by atoms with Crippen LogP contribution in [-0.2, 0) is 7.05 Å². The average Bonchev–Trinajstić information content (AvgIpc) is 2.31. The fraction of sp³-hybridized carbons (Fsp3) is 0.400. The number of nitrogens with zero attached hydrogens (tertiary/aromatic N) is 4. The molecular formula is C5H7N5. The molecule has 1 heterocycles. The van der Waals surface area contributed by atoms with Crippen LogP contribution in [0.25, 0.3) is 0 Å². The molecule has 5 nitrogen and oxygen atoms in total. The molecule has 1 rings (SSSR count). The summed E-state index contributed by atoms with van der Waals surface area (Å²) in [6.45, 7) is 0.439. The lowest BCUT2D eigenvalue weighted by atomic mass is 10.7. The first-order valence-corrected chi connectivity index (χ1v) is 2.74. The first kappa shape index (κ1) is 6.55. The van der Waals surface area contributed by atoms with Crippen LogP contribution in [0, 0.1) is 12.3 Å². The largest absolute Gasteiger partial charge is 0.342 e. The zero-order valence-corrected chi connectivity index (χ0v) is 5.57. The Morgan fingerprint density at radius 2 is 2.60 bits per heavy atom. The highest BCUT2D eigenvalue weighted by Crippen LogP contribution is 1.92. The van der Waals surface area contributed by atoms with E-state index in [2.05, 4.69) is 26.8 Å². The average molecular weight is 137 g/mol. The Hall–Kier alpha value is -1.57. The monoisotopic (exact) mass is 137 g/mol. The van der Waals surface area contributed by atoms with Gasteiger partial charge in [0.25, 0.3) is 0 Å². The van der Waals surface area contributed by atoms with Crippen molar-refractivity contribution in [2.45, 2.75) is 0 Å². The summed E-state index contributed by atoms with van der Waals surface area (Å²) in [4.78, 5) is 0. The molecule has 0 aliphatic heterocycles. The maximum atomic E-state index is 5.00. The topological polar surface area (TPSA) is 55.6 Å². The Morgan fingerprint density at radius 3 is 3.10 bits per heavy atom. The molecule has 0 bridgehead atoms. The maximum absolute atomic E-state index is 5.00. The molecule has 1 aromatic heterocycles. The standard InChI is InChI=1S/C5H7N5/c1-3-4-6-5-7-8-9-10(5)2/h1H,4H2,2H3,(H,6,7,9). The number of aromatic nitrogens is 4. The SMILES string of the molecule is C#CCNc1nnnn1C. The number of anilines is 1. The molecule has 0 spiro atoms. The van der Waals surface area contributed by atoms with E-state index in [4.69, 9.17) is 6.42 Å². The molecule has 1 N–H and O–H groups in total. The van der Waals surface area contributed by atoms with E-state index < -0.39 is 0 Å². The van der Waals surface area contributed by atoms with Gasteiger partial charge < -0.3 is 5.32 Å². The lowest BCUT2D eigenvalue weighted by molar-refractivity contribution is 0.714. The number of terminal acetylenes is 1. The normalized spacial score (nSPS) is 8.80. The fourth-order valence-corrected chi connectivity index (χ4v) is 0.509. The van der Waals surface area contributed by atoms with Crippen LogP contribution in [0.3, 0.4) is 0 Å². The van der Waals surface area contributed by atoms with Gasteiger partial charge in [0.2, 0.25) is 5.95 Å². The number of nitrogens with one attached hydrogen (secondary N) is 1. The van der Waals surface area contributed by atoms with Gasteiger partial charge in [0.05, 0.1) is 6.54 Å². The third kappa shape index (κ3) is 1.23. The summed E-state index contributed by atoms with van der Waals surface area (Å²) < 4.78 is 1.51. The second kappa shape index (κ2) is 2.82. The molecule has 5 heteroatoms. The molecule has 10 heavy (non-hydrogen) atoms. The lowest BCUT2D eigenvalue weighted by Gasteiger charge is -1.95. The third-order valence-electron chi connectivity index (χ3n) is 0.969. The van der Waals surface area contributed by atoms with Crippen molar-refractivity contribution in [1.82, 2.24) is 20.2 Å². The van der Waals surface area contributed by atoms with E-state index in [0.717, 1.165) is 0 Å². The van der Waals surface area contributed by atoms with Crippen molar-refractivity contribution in [1.29, 1.82) is 0 Å². The quantitative estimate of drug-likeness (QED) is 0.545.